The normalized spacial score (nSPS) is 12.1. The molecule has 1 unspecified atom stereocenters. The van der Waals surface area contributed by atoms with E-state index in [1.54, 1.807) is 0 Å². The number of amides is 1. The number of carbonyl (C=O) groups is 1. The van der Waals surface area contributed by atoms with Gasteiger partial charge in [-0.2, -0.15) is 0 Å². The van der Waals surface area contributed by atoms with Crippen molar-refractivity contribution in [2.75, 3.05) is 6.54 Å². The van der Waals surface area contributed by atoms with E-state index in [0.29, 0.717) is 0 Å². The molecule has 0 spiro atoms. The summed E-state index contributed by atoms with van der Waals surface area (Å²) in [6.45, 7) is 2.76. The van der Waals surface area contributed by atoms with Gasteiger partial charge in [0.15, 0.2) is 0 Å². The minimum atomic E-state index is -0.241. The maximum Gasteiger partial charge on any atom is 0.238 e. The molecule has 2 nitrogen and oxygen atoms in total. The fourth-order valence-corrected chi connectivity index (χ4v) is 1.58. The Balaban J connectivity index is 2.57. The zero-order chi connectivity index (χ0) is 10.4. The first-order valence-corrected chi connectivity index (χ1v) is 5.64. The third-order valence-electron chi connectivity index (χ3n) is 1.87. The second-order valence-corrected chi connectivity index (χ2v) is 3.98. The molecule has 0 aliphatic rings. The number of hydrogen-bond donors (Lipinski definition) is 1. The molecule has 1 aromatic rings. The quantitative estimate of drug-likeness (QED) is 0.824. The van der Waals surface area contributed by atoms with Crippen molar-refractivity contribution in [3.63, 3.8) is 0 Å². The Morgan fingerprint density at radius 3 is 2.64 bits per heavy atom. The van der Waals surface area contributed by atoms with Crippen LogP contribution in [0, 0.1) is 0 Å². The number of halogens is 1. The molecular weight excluding hydrogens is 242 g/mol. The molecule has 1 N–H and O–H groups in total. The molecule has 0 fully saturated rings. The summed E-state index contributed by atoms with van der Waals surface area (Å²) < 4.78 is 0. The van der Waals surface area contributed by atoms with E-state index in [2.05, 4.69) is 21.2 Å². The Hall–Kier alpha value is -0.830. The van der Waals surface area contributed by atoms with Crippen molar-refractivity contribution in [1.82, 2.24) is 5.32 Å². The Kier molecular flexibility index (Phi) is 4.66. The lowest BCUT2D eigenvalue weighted by atomic mass is 10.1. The van der Waals surface area contributed by atoms with Crippen molar-refractivity contribution < 1.29 is 4.79 Å². The Labute approximate surface area is 92.8 Å². The second kappa shape index (κ2) is 5.81. The van der Waals surface area contributed by atoms with Gasteiger partial charge in [0.2, 0.25) is 5.91 Å². The van der Waals surface area contributed by atoms with Crippen molar-refractivity contribution in [2.45, 2.75) is 18.2 Å². The molecule has 14 heavy (non-hydrogen) atoms. The number of carbonyl (C=O) groups excluding carboxylic acids is 1. The molecule has 3 heteroatoms. The SMILES string of the molecule is CCCNC(=O)C(Br)c1ccccc1. The standard InChI is InChI=1S/C11H14BrNO/c1-2-8-13-11(14)10(12)9-6-4-3-5-7-9/h3-7,10H,2,8H2,1H3,(H,13,14). The van der Waals surface area contributed by atoms with Crippen molar-refractivity contribution in [3.05, 3.63) is 35.9 Å². The minimum absolute atomic E-state index is 0.0260. The molecule has 0 radical (unpaired) electrons. The fraction of sp³-hybridized carbons (Fsp3) is 0.364. The van der Waals surface area contributed by atoms with Crippen LogP contribution in [0.5, 0.6) is 0 Å². The summed E-state index contributed by atoms with van der Waals surface area (Å²) in [5.41, 5.74) is 0.987. The molecule has 76 valence electrons. The van der Waals surface area contributed by atoms with Crippen LogP contribution in [0.15, 0.2) is 30.3 Å². The first-order chi connectivity index (χ1) is 6.75. The molecule has 0 saturated carbocycles. The highest BCUT2D eigenvalue weighted by atomic mass is 79.9. The van der Waals surface area contributed by atoms with Crippen LogP contribution in [0.4, 0.5) is 0 Å². The van der Waals surface area contributed by atoms with Gasteiger partial charge in [-0.1, -0.05) is 53.2 Å². The molecule has 0 aliphatic carbocycles. The third-order valence-corrected chi connectivity index (χ3v) is 2.82. The van der Waals surface area contributed by atoms with E-state index in [0.717, 1.165) is 18.5 Å². The highest BCUT2D eigenvalue weighted by Gasteiger charge is 2.15. The van der Waals surface area contributed by atoms with E-state index in [-0.39, 0.29) is 10.7 Å². The summed E-state index contributed by atoms with van der Waals surface area (Å²) in [6.07, 6.45) is 0.959. The number of alkyl halides is 1. The van der Waals surface area contributed by atoms with Crippen LogP contribution in [0.25, 0.3) is 0 Å². The van der Waals surface area contributed by atoms with Gasteiger partial charge in [0, 0.05) is 6.54 Å². The topological polar surface area (TPSA) is 29.1 Å². The fourth-order valence-electron chi connectivity index (χ4n) is 1.11. The second-order valence-electron chi connectivity index (χ2n) is 3.06. The maximum atomic E-state index is 11.5. The highest BCUT2D eigenvalue weighted by molar-refractivity contribution is 9.09. The largest absolute Gasteiger partial charge is 0.355 e. The molecular formula is C11H14BrNO. The molecule has 0 aromatic heterocycles. The van der Waals surface area contributed by atoms with Crippen LogP contribution in [0.1, 0.15) is 23.7 Å². The van der Waals surface area contributed by atoms with E-state index in [4.69, 9.17) is 0 Å². The van der Waals surface area contributed by atoms with E-state index in [9.17, 15) is 4.79 Å². The molecule has 1 atom stereocenters. The van der Waals surface area contributed by atoms with Crippen molar-refractivity contribution in [3.8, 4) is 0 Å². The summed E-state index contributed by atoms with van der Waals surface area (Å²) in [7, 11) is 0. The van der Waals surface area contributed by atoms with E-state index in [1.807, 2.05) is 37.3 Å². The number of benzene rings is 1. The molecule has 0 heterocycles. The number of nitrogens with one attached hydrogen (secondary N) is 1. The lowest BCUT2D eigenvalue weighted by Gasteiger charge is -2.09. The predicted molar refractivity (Wildman–Crippen MR) is 61.4 cm³/mol. The van der Waals surface area contributed by atoms with Gasteiger partial charge in [-0.25, -0.2) is 0 Å². The van der Waals surface area contributed by atoms with Gasteiger partial charge in [-0.3, -0.25) is 4.79 Å². The summed E-state index contributed by atoms with van der Waals surface area (Å²) in [5.74, 6) is 0.0260. The van der Waals surface area contributed by atoms with Crippen LogP contribution in [0.3, 0.4) is 0 Å². The monoisotopic (exact) mass is 255 g/mol. The van der Waals surface area contributed by atoms with Gasteiger partial charge >= 0.3 is 0 Å². The first-order valence-electron chi connectivity index (χ1n) is 4.72. The lowest BCUT2D eigenvalue weighted by molar-refractivity contribution is -0.120. The maximum absolute atomic E-state index is 11.5. The average Bonchev–Trinajstić information content (AvgIpc) is 2.26. The Morgan fingerprint density at radius 1 is 1.43 bits per heavy atom. The summed E-state index contributed by atoms with van der Waals surface area (Å²) in [5, 5.41) is 2.84. The van der Waals surface area contributed by atoms with Crippen molar-refractivity contribution in [2.24, 2.45) is 0 Å². The molecule has 1 aromatic carbocycles. The number of hydrogen-bond acceptors (Lipinski definition) is 1. The number of rotatable bonds is 4. The Morgan fingerprint density at radius 2 is 2.07 bits per heavy atom. The Bertz CT molecular complexity index is 287. The average molecular weight is 256 g/mol. The zero-order valence-corrected chi connectivity index (χ0v) is 9.75. The third kappa shape index (κ3) is 3.14. The van der Waals surface area contributed by atoms with E-state index in [1.165, 1.54) is 0 Å². The minimum Gasteiger partial charge on any atom is -0.355 e. The molecule has 0 bridgehead atoms. The van der Waals surface area contributed by atoms with Crippen LogP contribution >= 0.6 is 15.9 Å². The molecule has 1 amide bonds. The lowest BCUT2D eigenvalue weighted by Crippen LogP contribution is -2.27. The molecule has 0 saturated heterocycles. The first kappa shape index (κ1) is 11.2. The van der Waals surface area contributed by atoms with E-state index < -0.39 is 0 Å². The van der Waals surface area contributed by atoms with Gasteiger partial charge in [-0.15, -0.1) is 0 Å². The summed E-state index contributed by atoms with van der Waals surface area (Å²) >= 11 is 3.37. The van der Waals surface area contributed by atoms with Gasteiger partial charge in [0.25, 0.3) is 0 Å². The van der Waals surface area contributed by atoms with Crippen LogP contribution in [-0.4, -0.2) is 12.5 Å². The van der Waals surface area contributed by atoms with Crippen molar-refractivity contribution >= 4 is 21.8 Å². The van der Waals surface area contributed by atoms with Crippen LogP contribution in [0.2, 0.25) is 0 Å². The smallest absolute Gasteiger partial charge is 0.238 e. The summed E-state index contributed by atoms with van der Waals surface area (Å²) in [4.78, 5) is 11.3. The van der Waals surface area contributed by atoms with Gasteiger partial charge in [-0.05, 0) is 12.0 Å². The molecule has 0 aliphatic heterocycles. The molecule has 1 rings (SSSR count). The van der Waals surface area contributed by atoms with Crippen LogP contribution in [-0.2, 0) is 4.79 Å². The van der Waals surface area contributed by atoms with Gasteiger partial charge < -0.3 is 5.32 Å². The van der Waals surface area contributed by atoms with Gasteiger partial charge in [0.1, 0.15) is 4.83 Å². The van der Waals surface area contributed by atoms with E-state index >= 15 is 0 Å². The summed E-state index contributed by atoms with van der Waals surface area (Å²) in [6, 6.07) is 9.66. The zero-order valence-electron chi connectivity index (χ0n) is 8.16. The van der Waals surface area contributed by atoms with Crippen LogP contribution < -0.4 is 5.32 Å². The predicted octanol–water partition coefficient (Wildman–Crippen LogP) is 2.65. The van der Waals surface area contributed by atoms with Gasteiger partial charge in [0.05, 0.1) is 0 Å². The van der Waals surface area contributed by atoms with Crippen molar-refractivity contribution in [1.29, 1.82) is 0 Å². The highest BCUT2D eigenvalue weighted by Crippen LogP contribution is 2.21.